The molecule has 1 saturated heterocycles. The standard InChI is InChI=1S/C14H26N4O2S/c1-5-18-13(4)14(11(2)15-18)12(3)16-21(19,20)17-9-7-6-8-10-17/h12,16H,5-10H2,1-4H3. The van der Waals surface area contributed by atoms with Crippen LogP contribution in [0.4, 0.5) is 0 Å². The van der Waals surface area contributed by atoms with E-state index >= 15 is 0 Å². The second-order valence-electron chi connectivity index (χ2n) is 5.70. The molecule has 1 N–H and O–H groups in total. The molecule has 0 spiro atoms. The maximum atomic E-state index is 12.5. The van der Waals surface area contributed by atoms with Crippen LogP contribution in [0, 0.1) is 13.8 Å². The van der Waals surface area contributed by atoms with Crippen LogP contribution in [-0.4, -0.2) is 35.6 Å². The van der Waals surface area contributed by atoms with Gasteiger partial charge >= 0.3 is 0 Å². The number of nitrogens with one attached hydrogen (secondary N) is 1. The fraction of sp³-hybridized carbons (Fsp3) is 0.786. The number of piperidine rings is 1. The van der Waals surface area contributed by atoms with E-state index in [1.165, 1.54) is 0 Å². The Labute approximate surface area is 127 Å². The zero-order valence-electron chi connectivity index (χ0n) is 13.4. The summed E-state index contributed by atoms with van der Waals surface area (Å²) in [7, 11) is -3.42. The Balaban J connectivity index is 2.17. The van der Waals surface area contributed by atoms with Gasteiger partial charge < -0.3 is 0 Å². The Morgan fingerprint density at radius 2 is 1.86 bits per heavy atom. The highest BCUT2D eigenvalue weighted by Gasteiger charge is 2.27. The molecule has 0 amide bonds. The van der Waals surface area contributed by atoms with Gasteiger partial charge in [-0.1, -0.05) is 6.42 Å². The van der Waals surface area contributed by atoms with E-state index < -0.39 is 10.2 Å². The third kappa shape index (κ3) is 3.46. The Bertz CT molecular complexity index is 588. The number of hydrogen-bond acceptors (Lipinski definition) is 3. The number of rotatable bonds is 5. The summed E-state index contributed by atoms with van der Waals surface area (Å²) < 4.78 is 31.2. The van der Waals surface area contributed by atoms with E-state index in [1.807, 2.05) is 32.4 Å². The summed E-state index contributed by atoms with van der Waals surface area (Å²) in [6.45, 7) is 9.87. The predicted molar refractivity (Wildman–Crippen MR) is 83.3 cm³/mol. The molecule has 1 aromatic rings. The molecular formula is C14H26N4O2S. The Hall–Kier alpha value is -0.920. The van der Waals surface area contributed by atoms with Crippen LogP contribution < -0.4 is 4.72 Å². The van der Waals surface area contributed by atoms with Gasteiger partial charge in [0.1, 0.15) is 0 Å². The van der Waals surface area contributed by atoms with E-state index in [0.29, 0.717) is 13.1 Å². The van der Waals surface area contributed by atoms with Crippen LogP contribution in [0.5, 0.6) is 0 Å². The van der Waals surface area contributed by atoms with E-state index in [4.69, 9.17) is 0 Å². The molecular weight excluding hydrogens is 288 g/mol. The van der Waals surface area contributed by atoms with Crippen molar-refractivity contribution in [3.63, 3.8) is 0 Å². The van der Waals surface area contributed by atoms with Crippen molar-refractivity contribution in [3.05, 3.63) is 17.0 Å². The van der Waals surface area contributed by atoms with E-state index in [0.717, 1.165) is 42.8 Å². The van der Waals surface area contributed by atoms with Crippen LogP contribution in [0.25, 0.3) is 0 Å². The summed E-state index contributed by atoms with van der Waals surface area (Å²) in [5.74, 6) is 0. The maximum Gasteiger partial charge on any atom is 0.279 e. The lowest BCUT2D eigenvalue weighted by Crippen LogP contribution is -2.44. The lowest BCUT2D eigenvalue weighted by molar-refractivity contribution is 0.339. The van der Waals surface area contributed by atoms with Gasteiger partial charge in [-0.05, 0) is 40.5 Å². The molecule has 1 fully saturated rings. The first-order chi connectivity index (χ1) is 9.86. The van der Waals surface area contributed by atoms with Gasteiger partial charge in [0.2, 0.25) is 0 Å². The smallest absolute Gasteiger partial charge is 0.270 e. The molecule has 120 valence electrons. The minimum Gasteiger partial charge on any atom is -0.270 e. The summed E-state index contributed by atoms with van der Waals surface area (Å²) in [6, 6.07) is -0.266. The van der Waals surface area contributed by atoms with Crippen molar-refractivity contribution >= 4 is 10.2 Å². The fourth-order valence-corrected chi connectivity index (χ4v) is 4.56. The summed E-state index contributed by atoms with van der Waals surface area (Å²) in [6.07, 6.45) is 3.01. The van der Waals surface area contributed by atoms with Gasteiger partial charge in [-0.2, -0.15) is 22.5 Å². The Kier molecular flexibility index (Phi) is 5.06. The molecule has 1 aliphatic heterocycles. The van der Waals surface area contributed by atoms with Gasteiger partial charge in [0.05, 0.1) is 5.69 Å². The van der Waals surface area contributed by atoms with Crippen LogP contribution in [0.2, 0.25) is 0 Å². The van der Waals surface area contributed by atoms with Crippen molar-refractivity contribution in [2.24, 2.45) is 0 Å². The first-order valence-electron chi connectivity index (χ1n) is 7.68. The normalized spacial score (nSPS) is 18.9. The molecule has 0 bridgehead atoms. The summed E-state index contributed by atoms with van der Waals surface area (Å²) in [5, 5.41) is 4.46. The molecule has 2 heterocycles. The summed E-state index contributed by atoms with van der Waals surface area (Å²) >= 11 is 0. The van der Waals surface area contributed by atoms with Crippen LogP contribution >= 0.6 is 0 Å². The van der Waals surface area contributed by atoms with Crippen LogP contribution in [0.1, 0.15) is 56.1 Å². The summed E-state index contributed by atoms with van der Waals surface area (Å²) in [5.41, 5.74) is 2.91. The van der Waals surface area contributed by atoms with Crippen molar-refractivity contribution in [1.82, 2.24) is 18.8 Å². The van der Waals surface area contributed by atoms with Gasteiger partial charge in [-0.15, -0.1) is 0 Å². The van der Waals surface area contributed by atoms with Gasteiger partial charge in [0.25, 0.3) is 10.2 Å². The van der Waals surface area contributed by atoms with Crippen molar-refractivity contribution in [3.8, 4) is 0 Å². The molecule has 0 aromatic carbocycles. The van der Waals surface area contributed by atoms with Crippen LogP contribution in [-0.2, 0) is 16.8 Å². The molecule has 7 heteroatoms. The van der Waals surface area contributed by atoms with Gasteiger partial charge in [0.15, 0.2) is 0 Å². The highest BCUT2D eigenvalue weighted by molar-refractivity contribution is 7.87. The first kappa shape index (κ1) is 16.5. The quantitative estimate of drug-likeness (QED) is 0.902. The molecule has 0 saturated carbocycles. The number of nitrogens with zero attached hydrogens (tertiary/aromatic N) is 3. The Morgan fingerprint density at radius 3 is 2.38 bits per heavy atom. The van der Waals surface area contributed by atoms with E-state index in [-0.39, 0.29) is 6.04 Å². The van der Waals surface area contributed by atoms with Crippen molar-refractivity contribution in [2.45, 2.75) is 59.5 Å². The van der Waals surface area contributed by atoms with E-state index in [9.17, 15) is 8.42 Å². The zero-order chi connectivity index (χ0) is 15.6. The topological polar surface area (TPSA) is 67.2 Å². The number of hydrogen-bond donors (Lipinski definition) is 1. The molecule has 0 radical (unpaired) electrons. The minimum atomic E-state index is -3.42. The number of aryl methyl sites for hydroxylation is 2. The van der Waals surface area contributed by atoms with E-state index in [2.05, 4.69) is 9.82 Å². The van der Waals surface area contributed by atoms with Crippen molar-refractivity contribution in [2.75, 3.05) is 13.1 Å². The summed E-state index contributed by atoms with van der Waals surface area (Å²) in [4.78, 5) is 0. The molecule has 21 heavy (non-hydrogen) atoms. The highest BCUT2D eigenvalue weighted by Crippen LogP contribution is 2.23. The van der Waals surface area contributed by atoms with Gasteiger partial charge in [-0.25, -0.2) is 0 Å². The molecule has 1 atom stereocenters. The van der Waals surface area contributed by atoms with Crippen LogP contribution in [0.3, 0.4) is 0 Å². The minimum absolute atomic E-state index is 0.266. The molecule has 0 aliphatic carbocycles. The third-order valence-corrected chi connectivity index (χ3v) is 5.85. The number of aromatic nitrogens is 2. The lowest BCUT2D eigenvalue weighted by Gasteiger charge is -2.27. The maximum absolute atomic E-state index is 12.5. The lowest BCUT2D eigenvalue weighted by atomic mass is 10.1. The predicted octanol–water partition coefficient (Wildman–Crippen LogP) is 1.90. The third-order valence-electron chi connectivity index (χ3n) is 4.15. The zero-order valence-corrected chi connectivity index (χ0v) is 14.2. The molecule has 1 unspecified atom stereocenters. The molecule has 1 aliphatic rings. The fourth-order valence-electron chi connectivity index (χ4n) is 3.11. The molecule has 2 rings (SSSR count). The molecule has 6 nitrogen and oxygen atoms in total. The molecule has 1 aromatic heterocycles. The largest absolute Gasteiger partial charge is 0.279 e. The second kappa shape index (κ2) is 6.46. The SMILES string of the molecule is CCn1nc(C)c(C(C)NS(=O)(=O)N2CCCCC2)c1C. The van der Waals surface area contributed by atoms with Gasteiger partial charge in [-0.3, -0.25) is 4.68 Å². The van der Waals surface area contributed by atoms with E-state index in [1.54, 1.807) is 4.31 Å². The average Bonchev–Trinajstić information content (AvgIpc) is 2.73. The highest BCUT2D eigenvalue weighted by atomic mass is 32.2. The first-order valence-corrected chi connectivity index (χ1v) is 9.12. The average molecular weight is 314 g/mol. The Morgan fingerprint density at radius 1 is 1.24 bits per heavy atom. The second-order valence-corrected chi connectivity index (χ2v) is 7.41. The monoisotopic (exact) mass is 314 g/mol. The van der Waals surface area contributed by atoms with Crippen molar-refractivity contribution in [1.29, 1.82) is 0 Å². The van der Waals surface area contributed by atoms with Gasteiger partial charge in [0, 0.05) is 36.9 Å². The van der Waals surface area contributed by atoms with Crippen LogP contribution in [0.15, 0.2) is 0 Å². The van der Waals surface area contributed by atoms with Crippen molar-refractivity contribution < 1.29 is 8.42 Å².